The number of H-pyrrole nitrogens is 1. The lowest BCUT2D eigenvalue weighted by Gasteiger charge is -2.31. The Morgan fingerprint density at radius 1 is 1.19 bits per heavy atom. The summed E-state index contributed by atoms with van der Waals surface area (Å²) >= 11 is 0. The van der Waals surface area contributed by atoms with Crippen LogP contribution in [-0.2, 0) is 0 Å². The van der Waals surface area contributed by atoms with Crippen LogP contribution in [-0.4, -0.2) is 47.8 Å². The van der Waals surface area contributed by atoms with E-state index in [0.29, 0.717) is 11.3 Å². The first-order chi connectivity index (χ1) is 9.43. The van der Waals surface area contributed by atoms with Gasteiger partial charge in [-0.3, -0.25) is 9.59 Å². The minimum Gasteiger partial charge on any atom is -0.354 e. The van der Waals surface area contributed by atoms with Crippen molar-refractivity contribution in [3.63, 3.8) is 0 Å². The smallest absolute Gasteiger partial charge is 0.270 e. The number of aromatic nitrogens is 1. The minimum atomic E-state index is -0.0231. The van der Waals surface area contributed by atoms with Gasteiger partial charge in [0.15, 0.2) is 5.78 Å². The predicted octanol–water partition coefficient (Wildman–Crippen LogP) is 2.08. The third kappa shape index (κ3) is 3.47. The number of carbonyl (C=O) groups excluding carboxylic acids is 2. The first-order valence-corrected chi connectivity index (χ1v) is 7.11. The number of halogens is 1. The Morgan fingerprint density at radius 3 is 2.24 bits per heavy atom. The van der Waals surface area contributed by atoms with Crippen LogP contribution in [0.15, 0.2) is 0 Å². The lowest BCUT2D eigenvalue weighted by molar-refractivity contribution is 0.0697. The maximum atomic E-state index is 12.6. The lowest BCUT2D eigenvalue weighted by Crippen LogP contribution is -2.44. The molecule has 2 rings (SSSR count). The van der Waals surface area contributed by atoms with Gasteiger partial charge in [0.25, 0.3) is 5.91 Å². The van der Waals surface area contributed by atoms with Crippen LogP contribution in [0.25, 0.3) is 0 Å². The number of carbonyl (C=O) groups is 2. The summed E-state index contributed by atoms with van der Waals surface area (Å²) in [5.41, 5.74) is 2.73. The average Bonchev–Trinajstić information content (AvgIpc) is 2.73. The second kappa shape index (κ2) is 7.09. The van der Waals surface area contributed by atoms with E-state index >= 15 is 0 Å². The van der Waals surface area contributed by atoms with Crippen LogP contribution in [0.3, 0.4) is 0 Å². The molecule has 1 aromatic rings. The summed E-state index contributed by atoms with van der Waals surface area (Å²) in [6, 6.07) is 0.271. The average molecular weight is 314 g/mol. The van der Waals surface area contributed by atoms with Crippen molar-refractivity contribution in [1.29, 1.82) is 0 Å². The van der Waals surface area contributed by atoms with Gasteiger partial charge in [0.05, 0.1) is 0 Å². The number of Topliss-reactive ketones (excluding diaryl/α,β-unsaturated/α-hetero) is 1. The molecule has 1 aromatic heterocycles. The Bertz CT molecular complexity index is 533. The van der Waals surface area contributed by atoms with Gasteiger partial charge in [-0.15, -0.1) is 12.4 Å². The number of aromatic amines is 1. The number of nitrogens with zero attached hydrogens (tertiary/aromatic N) is 1. The molecule has 6 heteroatoms. The molecule has 0 atom stereocenters. The molecule has 0 saturated carbocycles. The molecule has 5 nitrogen and oxygen atoms in total. The fraction of sp³-hybridized carbons (Fsp3) is 0.600. The molecule has 1 fully saturated rings. The molecular formula is C15H24ClN3O2. The Kier molecular flexibility index (Phi) is 5.98. The largest absolute Gasteiger partial charge is 0.354 e. The minimum absolute atomic E-state index is 0. The zero-order valence-electron chi connectivity index (χ0n) is 13.1. The first-order valence-electron chi connectivity index (χ1n) is 7.11. The van der Waals surface area contributed by atoms with E-state index in [1.807, 2.05) is 25.8 Å². The Balaban J connectivity index is 0.00000220. The molecule has 1 aliphatic heterocycles. The van der Waals surface area contributed by atoms with Crippen LogP contribution in [0.2, 0.25) is 0 Å². The molecule has 1 aliphatic rings. The Morgan fingerprint density at radius 2 is 1.76 bits per heavy atom. The van der Waals surface area contributed by atoms with Crippen LogP contribution in [0, 0.1) is 13.8 Å². The van der Waals surface area contributed by atoms with E-state index in [1.54, 1.807) is 0 Å². The van der Waals surface area contributed by atoms with Crippen molar-refractivity contribution in [1.82, 2.24) is 15.2 Å². The standard InChI is InChI=1S/C15H23N3O2.ClH/c1-9-13(11(3)19)10(2)17-14(9)15(20)18(4)12-5-7-16-8-6-12;/h12,16-17H,5-8H2,1-4H3;1H. The summed E-state index contributed by atoms with van der Waals surface area (Å²) in [6.07, 6.45) is 1.95. The number of ketones is 1. The highest BCUT2D eigenvalue weighted by atomic mass is 35.5. The third-order valence-electron chi connectivity index (χ3n) is 4.18. The highest BCUT2D eigenvalue weighted by Gasteiger charge is 2.27. The SMILES string of the molecule is CC(=O)c1c(C)[nH]c(C(=O)N(C)C2CCNCC2)c1C.Cl. The van der Waals surface area contributed by atoms with Crippen LogP contribution >= 0.6 is 12.4 Å². The quantitative estimate of drug-likeness (QED) is 0.840. The van der Waals surface area contributed by atoms with E-state index in [1.165, 1.54) is 6.92 Å². The van der Waals surface area contributed by atoms with Crippen molar-refractivity contribution in [3.05, 3.63) is 22.5 Å². The van der Waals surface area contributed by atoms with Crippen molar-refractivity contribution in [2.45, 2.75) is 39.7 Å². The summed E-state index contributed by atoms with van der Waals surface area (Å²) in [5.74, 6) is -0.0233. The number of amides is 1. The first kappa shape index (κ1) is 17.7. The number of hydrogen-bond acceptors (Lipinski definition) is 3. The molecule has 1 saturated heterocycles. The Labute approximate surface area is 131 Å². The second-order valence-corrected chi connectivity index (χ2v) is 5.58. The summed E-state index contributed by atoms with van der Waals surface area (Å²) in [5, 5.41) is 3.30. The van der Waals surface area contributed by atoms with Gasteiger partial charge in [0, 0.05) is 24.3 Å². The molecule has 0 radical (unpaired) electrons. The number of nitrogens with one attached hydrogen (secondary N) is 2. The molecular weight excluding hydrogens is 290 g/mol. The van der Waals surface area contributed by atoms with Gasteiger partial charge in [-0.05, 0) is 52.3 Å². The highest BCUT2D eigenvalue weighted by Crippen LogP contribution is 2.21. The van der Waals surface area contributed by atoms with E-state index in [2.05, 4.69) is 10.3 Å². The zero-order valence-corrected chi connectivity index (χ0v) is 13.9. The number of piperidine rings is 1. The van der Waals surface area contributed by atoms with E-state index < -0.39 is 0 Å². The molecule has 2 N–H and O–H groups in total. The predicted molar refractivity (Wildman–Crippen MR) is 85.5 cm³/mol. The van der Waals surface area contributed by atoms with Gasteiger partial charge in [0.2, 0.25) is 0 Å². The normalized spacial score (nSPS) is 15.4. The molecule has 0 aliphatic carbocycles. The molecule has 0 bridgehead atoms. The van der Waals surface area contributed by atoms with Crippen molar-refractivity contribution >= 4 is 24.1 Å². The topological polar surface area (TPSA) is 65.2 Å². The lowest BCUT2D eigenvalue weighted by atomic mass is 10.0. The molecule has 0 unspecified atom stereocenters. The van der Waals surface area contributed by atoms with Crippen molar-refractivity contribution in [2.75, 3.05) is 20.1 Å². The molecule has 118 valence electrons. The molecule has 0 spiro atoms. The zero-order chi connectivity index (χ0) is 14.9. The van der Waals surface area contributed by atoms with Gasteiger partial charge >= 0.3 is 0 Å². The van der Waals surface area contributed by atoms with E-state index in [-0.39, 0.29) is 30.1 Å². The van der Waals surface area contributed by atoms with Crippen LogP contribution in [0.4, 0.5) is 0 Å². The van der Waals surface area contributed by atoms with Gasteiger partial charge < -0.3 is 15.2 Å². The summed E-state index contributed by atoms with van der Waals surface area (Å²) in [4.78, 5) is 29.2. The van der Waals surface area contributed by atoms with Gasteiger partial charge in [-0.25, -0.2) is 0 Å². The van der Waals surface area contributed by atoms with Gasteiger partial charge in [0.1, 0.15) is 5.69 Å². The molecule has 1 amide bonds. The van der Waals surface area contributed by atoms with Gasteiger partial charge in [-0.2, -0.15) is 0 Å². The number of aryl methyl sites for hydroxylation is 1. The number of rotatable bonds is 3. The second-order valence-electron chi connectivity index (χ2n) is 5.58. The molecule has 21 heavy (non-hydrogen) atoms. The van der Waals surface area contributed by atoms with E-state index in [4.69, 9.17) is 0 Å². The fourth-order valence-corrected chi connectivity index (χ4v) is 3.03. The van der Waals surface area contributed by atoms with Crippen LogP contribution in [0.1, 0.15) is 51.9 Å². The van der Waals surface area contributed by atoms with Crippen molar-refractivity contribution in [3.8, 4) is 0 Å². The summed E-state index contributed by atoms with van der Waals surface area (Å²) < 4.78 is 0. The molecule has 2 heterocycles. The van der Waals surface area contributed by atoms with Crippen LogP contribution in [0.5, 0.6) is 0 Å². The van der Waals surface area contributed by atoms with Crippen molar-refractivity contribution in [2.24, 2.45) is 0 Å². The van der Waals surface area contributed by atoms with E-state index in [9.17, 15) is 9.59 Å². The monoisotopic (exact) mass is 313 g/mol. The maximum absolute atomic E-state index is 12.6. The summed E-state index contributed by atoms with van der Waals surface area (Å²) in [6.45, 7) is 7.11. The highest BCUT2D eigenvalue weighted by molar-refractivity contribution is 6.02. The fourth-order valence-electron chi connectivity index (χ4n) is 3.03. The van der Waals surface area contributed by atoms with Crippen molar-refractivity contribution < 1.29 is 9.59 Å². The number of hydrogen-bond donors (Lipinski definition) is 2. The van der Waals surface area contributed by atoms with Gasteiger partial charge in [-0.1, -0.05) is 0 Å². The Hall–Kier alpha value is -1.33. The van der Waals surface area contributed by atoms with E-state index in [0.717, 1.165) is 37.2 Å². The third-order valence-corrected chi connectivity index (χ3v) is 4.18. The maximum Gasteiger partial charge on any atom is 0.270 e. The van der Waals surface area contributed by atoms with Crippen LogP contribution < -0.4 is 5.32 Å². The summed E-state index contributed by atoms with van der Waals surface area (Å²) in [7, 11) is 1.85. The molecule has 0 aromatic carbocycles.